The van der Waals surface area contributed by atoms with Crippen LogP contribution in [0.1, 0.15) is 32.6 Å². The highest BCUT2D eigenvalue weighted by molar-refractivity contribution is 5.79. The Morgan fingerprint density at radius 3 is 2.27 bits per heavy atom. The lowest BCUT2D eigenvalue weighted by atomic mass is 10.1. The van der Waals surface area contributed by atoms with Crippen molar-refractivity contribution >= 4 is 5.91 Å². The van der Waals surface area contributed by atoms with Gasteiger partial charge in [-0.25, -0.2) is 0 Å². The van der Waals surface area contributed by atoms with Gasteiger partial charge in [-0.05, 0) is 19.8 Å². The first kappa shape index (κ1) is 12.5. The minimum atomic E-state index is -0.365. The maximum atomic E-state index is 11.8. The van der Waals surface area contributed by atoms with E-state index in [1.807, 2.05) is 6.92 Å². The van der Waals surface area contributed by atoms with Gasteiger partial charge in [-0.15, -0.1) is 0 Å². The van der Waals surface area contributed by atoms with Crippen LogP contribution in [0.4, 0.5) is 0 Å². The van der Waals surface area contributed by atoms with Gasteiger partial charge < -0.3 is 14.8 Å². The molecule has 0 aromatic heterocycles. The molecule has 1 aliphatic carbocycles. The zero-order valence-electron chi connectivity index (χ0n) is 9.79. The molecule has 0 spiro atoms. The van der Waals surface area contributed by atoms with Gasteiger partial charge >= 0.3 is 0 Å². The van der Waals surface area contributed by atoms with Crippen LogP contribution >= 0.6 is 0 Å². The van der Waals surface area contributed by atoms with E-state index in [1.165, 1.54) is 12.8 Å². The highest BCUT2D eigenvalue weighted by atomic mass is 16.7. The lowest BCUT2D eigenvalue weighted by molar-refractivity contribution is -0.138. The minimum Gasteiger partial charge on any atom is -0.354 e. The first-order valence-corrected chi connectivity index (χ1v) is 5.55. The number of hydrogen-bond acceptors (Lipinski definition) is 3. The van der Waals surface area contributed by atoms with E-state index in [-0.39, 0.29) is 24.2 Å². The third-order valence-electron chi connectivity index (χ3n) is 2.97. The van der Waals surface area contributed by atoms with Gasteiger partial charge in [0.2, 0.25) is 5.91 Å². The molecule has 88 valence electrons. The standard InChI is InChI=1S/C11H21NO3/c1-8(11(14-2)15-3)12-10(13)9-6-4-5-7-9/h8-9,11H,4-7H2,1-3H3,(H,12,13). The Morgan fingerprint density at radius 2 is 1.80 bits per heavy atom. The van der Waals surface area contributed by atoms with E-state index in [2.05, 4.69) is 5.32 Å². The fourth-order valence-electron chi connectivity index (χ4n) is 2.10. The molecule has 4 heteroatoms. The molecule has 0 radical (unpaired) electrons. The van der Waals surface area contributed by atoms with Crippen LogP contribution in [0.15, 0.2) is 0 Å². The molecule has 0 aliphatic heterocycles. The predicted molar refractivity (Wildman–Crippen MR) is 57.4 cm³/mol. The summed E-state index contributed by atoms with van der Waals surface area (Å²) in [4.78, 5) is 11.8. The molecule has 0 aromatic carbocycles. The first-order chi connectivity index (χ1) is 7.19. The largest absolute Gasteiger partial charge is 0.354 e. The second-order valence-corrected chi connectivity index (χ2v) is 4.12. The number of carbonyl (C=O) groups excluding carboxylic acids is 1. The zero-order valence-corrected chi connectivity index (χ0v) is 9.79. The fraction of sp³-hybridized carbons (Fsp3) is 0.909. The summed E-state index contributed by atoms with van der Waals surface area (Å²) in [5.74, 6) is 0.334. The topological polar surface area (TPSA) is 47.6 Å². The number of amides is 1. The van der Waals surface area contributed by atoms with Crippen LogP contribution in [-0.2, 0) is 14.3 Å². The summed E-state index contributed by atoms with van der Waals surface area (Å²) in [7, 11) is 3.15. The van der Waals surface area contributed by atoms with Crippen molar-refractivity contribution in [2.24, 2.45) is 5.92 Å². The molecule has 1 atom stereocenters. The summed E-state index contributed by atoms with van der Waals surface area (Å²) in [6.45, 7) is 1.89. The van der Waals surface area contributed by atoms with Gasteiger partial charge in [-0.1, -0.05) is 12.8 Å². The number of nitrogens with one attached hydrogen (secondary N) is 1. The average Bonchev–Trinajstić information content (AvgIpc) is 2.72. The van der Waals surface area contributed by atoms with E-state index in [0.29, 0.717) is 0 Å². The summed E-state index contributed by atoms with van der Waals surface area (Å²) in [6.07, 6.45) is 4.01. The van der Waals surface area contributed by atoms with Crippen LogP contribution < -0.4 is 5.32 Å². The van der Waals surface area contributed by atoms with E-state index in [9.17, 15) is 4.79 Å². The summed E-state index contributed by atoms with van der Waals surface area (Å²) in [5.41, 5.74) is 0. The van der Waals surface area contributed by atoms with Crippen molar-refractivity contribution in [1.29, 1.82) is 0 Å². The first-order valence-electron chi connectivity index (χ1n) is 5.55. The lowest BCUT2D eigenvalue weighted by Crippen LogP contribution is -2.44. The van der Waals surface area contributed by atoms with E-state index in [1.54, 1.807) is 14.2 Å². The maximum absolute atomic E-state index is 11.8. The summed E-state index contributed by atoms with van der Waals surface area (Å²) in [5, 5.41) is 2.93. The SMILES string of the molecule is COC(OC)C(C)NC(=O)C1CCCC1. The smallest absolute Gasteiger partial charge is 0.223 e. The Morgan fingerprint density at radius 1 is 1.27 bits per heavy atom. The quantitative estimate of drug-likeness (QED) is 0.703. The van der Waals surface area contributed by atoms with Crippen molar-refractivity contribution in [3.63, 3.8) is 0 Å². The predicted octanol–water partition coefficient (Wildman–Crippen LogP) is 1.30. The number of hydrogen-bond donors (Lipinski definition) is 1. The third kappa shape index (κ3) is 3.47. The van der Waals surface area contributed by atoms with E-state index >= 15 is 0 Å². The summed E-state index contributed by atoms with van der Waals surface area (Å²) >= 11 is 0. The van der Waals surface area contributed by atoms with Gasteiger partial charge in [0, 0.05) is 20.1 Å². The number of carbonyl (C=O) groups is 1. The van der Waals surface area contributed by atoms with Crippen molar-refractivity contribution in [3.8, 4) is 0 Å². The van der Waals surface area contributed by atoms with E-state index < -0.39 is 0 Å². The van der Waals surface area contributed by atoms with Crippen molar-refractivity contribution in [2.45, 2.75) is 44.9 Å². The van der Waals surface area contributed by atoms with Crippen LogP contribution in [-0.4, -0.2) is 32.5 Å². The van der Waals surface area contributed by atoms with Crippen LogP contribution in [0, 0.1) is 5.92 Å². The van der Waals surface area contributed by atoms with Crippen LogP contribution in [0.3, 0.4) is 0 Å². The van der Waals surface area contributed by atoms with Crippen molar-refractivity contribution in [3.05, 3.63) is 0 Å². The molecular formula is C11H21NO3. The summed E-state index contributed by atoms with van der Waals surface area (Å²) < 4.78 is 10.2. The van der Waals surface area contributed by atoms with Gasteiger partial charge in [0.15, 0.2) is 6.29 Å². The van der Waals surface area contributed by atoms with Crippen LogP contribution in [0.5, 0.6) is 0 Å². The van der Waals surface area contributed by atoms with Gasteiger partial charge in [0.25, 0.3) is 0 Å². The highest BCUT2D eigenvalue weighted by Gasteiger charge is 2.26. The Kier molecular flexibility index (Phi) is 5.05. The van der Waals surface area contributed by atoms with Crippen molar-refractivity contribution in [1.82, 2.24) is 5.32 Å². The molecule has 15 heavy (non-hydrogen) atoms. The van der Waals surface area contributed by atoms with Gasteiger partial charge in [-0.2, -0.15) is 0 Å². The Bertz CT molecular complexity index is 198. The number of methoxy groups -OCH3 is 2. The molecule has 1 saturated carbocycles. The average molecular weight is 215 g/mol. The third-order valence-corrected chi connectivity index (χ3v) is 2.97. The highest BCUT2D eigenvalue weighted by Crippen LogP contribution is 2.24. The molecule has 0 bridgehead atoms. The normalized spacial score (nSPS) is 19.5. The molecule has 1 N–H and O–H groups in total. The van der Waals surface area contributed by atoms with Gasteiger partial charge in [0.1, 0.15) is 0 Å². The number of rotatable bonds is 5. The Labute approximate surface area is 91.3 Å². The van der Waals surface area contributed by atoms with Crippen LogP contribution in [0.25, 0.3) is 0 Å². The van der Waals surface area contributed by atoms with Gasteiger partial charge in [-0.3, -0.25) is 4.79 Å². The fourth-order valence-corrected chi connectivity index (χ4v) is 2.10. The van der Waals surface area contributed by atoms with Crippen molar-refractivity contribution in [2.75, 3.05) is 14.2 Å². The molecular weight excluding hydrogens is 194 g/mol. The number of ether oxygens (including phenoxy) is 2. The summed E-state index contributed by atoms with van der Waals surface area (Å²) in [6, 6.07) is -0.104. The van der Waals surface area contributed by atoms with Crippen molar-refractivity contribution < 1.29 is 14.3 Å². The zero-order chi connectivity index (χ0) is 11.3. The molecule has 0 heterocycles. The monoisotopic (exact) mass is 215 g/mol. The molecule has 1 fully saturated rings. The molecule has 0 aromatic rings. The van der Waals surface area contributed by atoms with E-state index in [0.717, 1.165) is 12.8 Å². The lowest BCUT2D eigenvalue weighted by Gasteiger charge is -2.23. The second kappa shape index (κ2) is 6.08. The van der Waals surface area contributed by atoms with Gasteiger partial charge in [0.05, 0.1) is 6.04 Å². The molecule has 1 rings (SSSR count). The Balaban J connectivity index is 2.35. The van der Waals surface area contributed by atoms with E-state index in [4.69, 9.17) is 9.47 Å². The molecule has 1 amide bonds. The van der Waals surface area contributed by atoms with Crippen LogP contribution in [0.2, 0.25) is 0 Å². The molecule has 4 nitrogen and oxygen atoms in total. The second-order valence-electron chi connectivity index (χ2n) is 4.12. The molecule has 1 unspecified atom stereocenters. The molecule has 0 saturated heterocycles. The molecule has 1 aliphatic rings. The minimum absolute atomic E-state index is 0.104. The Hall–Kier alpha value is -0.610. The maximum Gasteiger partial charge on any atom is 0.223 e.